The fourth-order valence-electron chi connectivity index (χ4n) is 7.13. The van der Waals surface area contributed by atoms with E-state index in [1.54, 1.807) is 30.5 Å². The van der Waals surface area contributed by atoms with Gasteiger partial charge < -0.3 is 19.7 Å². The number of Topliss-reactive ketones (excluding diaryl/α,β-unsaturated/α-hetero) is 2. The van der Waals surface area contributed by atoms with Gasteiger partial charge in [0.25, 0.3) is 0 Å². The maximum atomic E-state index is 14.9. The molecule has 3 aliphatic heterocycles. The number of hydrogen-bond acceptors (Lipinski definition) is 6. The highest BCUT2D eigenvalue weighted by molar-refractivity contribution is 6.17. The number of para-hydroxylation sites is 1. The van der Waals surface area contributed by atoms with Crippen LogP contribution in [-0.4, -0.2) is 42.6 Å². The maximum absolute atomic E-state index is 14.9. The molecule has 0 radical (unpaired) electrons. The van der Waals surface area contributed by atoms with Gasteiger partial charge in [0.1, 0.15) is 28.8 Å². The number of anilines is 1. The van der Waals surface area contributed by atoms with Crippen molar-refractivity contribution in [3.63, 3.8) is 0 Å². The normalized spacial score (nSPS) is 22.9. The van der Waals surface area contributed by atoms with Gasteiger partial charge in [0, 0.05) is 17.5 Å². The highest BCUT2D eigenvalue weighted by atomic mass is 19.1. The van der Waals surface area contributed by atoms with Crippen LogP contribution in [0.5, 0.6) is 11.5 Å². The molecule has 3 aliphatic rings. The Morgan fingerprint density at radius 2 is 1.63 bits per heavy atom. The van der Waals surface area contributed by atoms with Gasteiger partial charge in [0.05, 0.1) is 31.7 Å². The summed E-state index contributed by atoms with van der Waals surface area (Å²) in [6.07, 6.45) is 3.70. The molecule has 1 fully saturated rings. The Hall–Kier alpha value is -5.24. The molecule has 3 heterocycles. The molecule has 7 nitrogen and oxygen atoms in total. The van der Waals surface area contributed by atoms with E-state index >= 15 is 0 Å². The first kappa shape index (κ1) is 26.6. The number of hydrogen-bond donors (Lipinski definition) is 1. The second kappa shape index (κ2) is 9.94. The third-order valence-corrected chi connectivity index (χ3v) is 8.92. The Balaban J connectivity index is 1.54. The molecule has 1 N–H and O–H groups in total. The van der Waals surface area contributed by atoms with Crippen LogP contribution in [0.3, 0.4) is 0 Å². The van der Waals surface area contributed by atoms with E-state index in [1.165, 1.54) is 38.5 Å². The number of amides is 1. The standard InChI is InChI=1S/C35H27FN2O5/c1-42-23-15-16-28(43-2)25(19-23)32(40)30-29(31(39)21-11-13-22(36)14-12-21)35(26-9-5-6-10-27(26)37-34(35)41)33-24-8-4-3-7-20(24)17-18-38(30)33/h3-19,29-30,33H,1-2H3,(H,37,41)/t29-,30-,33-,35+/m1/s1. The zero-order valence-corrected chi connectivity index (χ0v) is 23.4. The summed E-state index contributed by atoms with van der Waals surface area (Å²) in [6.45, 7) is 0. The van der Waals surface area contributed by atoms with Crippen molar-refractivity contribution in [2.45, 2.75) is 17.5 Å². The van der Waals surface area contributed by atoms with E-state index in [1.807, 2.05) is 53.4 Å². The number of benzene rings is 4. The monoisotopic (exact) mass is 574 g/mol. The topological polar surface area (TPSA) is 84.9 Å². The van der Waals surface area contributed by atoms with Crippen molar-refractivity contribution in [1.29, 1.82) is 0 Å². The zero-order valence-electron chi connectivity index (χ0n) is 23.4. The number of fused-ring (bicyclic) bond motifs is 6. The molecule has 4 atom stereocenters. The van der Waals surface area contributed by atoms with E-state index in [9.17, 15) is 18.8 Å². The van der Waals surface area contributed by atoms with Gasteiger partial charge in [0.15, 0.2) is 11.6 Å². The molecule has 4 aromatic rings. The first-order valence-corrected chi connectivity index (χ1v) is 13.9. The Bertz CT molecular complexity index is 1830. The molecule has 43 heavy (non-hydrogen) atoms. The molecule has 1 amide bonds. The van der Waals surface area contributed by atoms with E-state index in [2.05, 4.69) is 5.32 Å². The average Bonchev–Trinajstić information content (AvgIpc) is 3.52. The van der Waals surface area contributed by atoms with Gasteiger partial charge in [-0.1, -0.05) is 42.5 Å². The largest absolute Gasteiger partial charge is 0.497 e. The Morgan fingerprint density at radius 3 is 2.40 bits per heavy atom. The number of carbonyl (C=O) groups is 3. The number of rotatable bonds is 6. The quantitative estimate of drug-likeness (QED) is 0.292. The predicted molar refractivity (Wildman–Crippen MR) is 159 cm³/mol. The van der Waals surface area contributed by atoms with Crippen molar-refractivity contribution in [2.75, 3.05) is 19.5 Å². The molecular formula is C35H27FN2O5. The van der Waals surface area contributed by atoms with Crippen LogP contribution in [0.4, 0.5) is 10.1 Å². The van der Waals surface area contributed by atoms with Crippen LogP contribution in [0, 0.1) is 11.7 Å². The molecule has 0 unspecified atom stereocenters. The lowest BCUT2D eigenvalue weighted by Crippen LogP contribution is -2.49. The number of methoxy groups -OCH3 is 2. The van der Waals surface area contributed by atoms with Crippen molar-refractivity contribution in [3.05, 3.63) is 131 Å². The minimum absolute atomic E-state index is 0.204. The van der Waals surface area contributed by atoms with Crippen LogP contribution in [-0.2, 0) is 10.2 Å². The van der Waals surface area contributed by atoms with Crippen molar-refractivity contribution >= 4 is 29.2 Å². The van der Waals surface area contributed by atoms with E-state index in [4.69, 9.17) is 9.47 Å². The van der Waals surface area contributed by atoms with E-state index in [0.29, 0.717) is 22.7 Å². The highest BCUT2D eigenvalue weighted by Gasteiger charge is 2.70. The van der Waals surface area contributed by atoms with Crippen molar-refractivity contribution in [3.8, 4) is 11.5 Å². The third kappa shape index (κ3) is 3.75. The van der Waals surface area contributed by atoms with Crippen LogP contribution in [0.2, 0.25) is 0 Å². The number of nitrogens with one attached hydrogen (secondary N) is 1. The number of halogens is 1. The summed E-state index contributed by atoms with van der Waals surface area (Å²) in [7, 11) is 2.97. The van der Waals surface area contributed by atoms with Crippen molar-refractivity contribution < 1.29 is 28.2 Å². The van der Waals surface area contributed by atoms with Crippen LogP contribution < -0.4 is 14.8 Å². The van der Waals surface area contributed by atoms with Crippen LogP contribution in [0.25, 0.3) is 6.08 Å². The van der Waals surface area contributed by atoms with Gasteiger partial charge in [-0.15, -0.1) is 0 Å². The SMILES string of the molecule is COc1ccc(OC)c(C(=O)[C@H]2[C@H](C(=O)c3ccc(F)cc3)[C@]3(C(=O)Nc4ccccc43)[C@H]3c4ccccc4C=CN23)c1. The fourth-order valence-corrected chi connectivity index (χ4v) is 7.13. The summed E-state index contributed by atoms with van der Waals surface area (Å²) in [4.78, 5) is 46.0. The molecule has 1 saturated heterocycles. The molecular weight excluding hydrogens is 547 g/mol. The van der Waals surface area contributed by atoms with Gasteiger partial charge in [-0.2, -0.15) is 0 Å². The molecule has 0 saturated carbocycles. The molecule has 0 aliphatic carbocycles. The van der Waals surface area contributed by atoms with Crippen LogP contribution >= 0.6 is 0 Å². The Kier molecular flexibility index (Phi) is 6.16. The summed E-state index contributed by atoms with van der Waals surface area (Å²) in [5.41, 5.74) is 1.86. The third-order valence-electron chi connectivity index (χ3n) is 8.92. The molecule has 1 spiro atoms. The summed E-state index contributed by atoms with van der Waals surface area (Å²) in [6, 6.07) is 23.3. The van der Waals surface area contributed by atoms with Crippen molar-refractivity contribution in [1.82, 2.24) is 4.90 Å². The molecule has 7 rings (SSSR count). The summed E-state index contributed by atoms with van der Waals surface area (Å²) in [5.74, 6) is -2.14. The molecule has 4 aromatic carbocycles. The number of nitrogens with zero attached hydrogens (tertiary/aromatic N) is 1. The number of ether oxygens (including phenoxy) is 2. The van der Waals surface area contributed by atoms with Crippen LogP contribution in [0.15, 0.2) is 97.2 Å². The number of carbonyl (C=O) groups excluding carboxylic acids is 3. The smallest absolute Gasteiger partial charge is 0.238 e. The molecule has 8 heteroatoms. The van der Waals surface area contributed by atoms with Crippen molar-refractivity contribution in [2.24, 2.45) is 5.92 Å². The van der Waals surface area contributed by atoms with Gasteiger partial charge in [-0.3, -0.25) is 14.4 Å². The highest BCUT2D eigenvalue weighted by Crippen LogP contribution is 2.62. The van der Waals surface area contributed by atoms with Gasteiger partial charge >= 0.3 is 0 Å². The summed E-state index contributed by atoms with van der Waals surface area (Å²) < 4.78 is 25.0. The Labute approximate surface area is 247 Å². The minimum atomic E-state index is -1.49. The minimum Gasteiger partial charge on any atom is -0.497 e. The van der Waals surface area contributed by atoms with E-state index < -0.39 is 40.8 Å². The van der Waals surface area contributed by atoms with Gasteiger partial charge in [-0.05, 0) is 71.3 Å². The lowest BCUT2D eigenvalue weighted by atomic mass is 9.62. The Morgan fingerprint density at radius 1 is 0.884 bits per heavy atom. The molecule has 214 valence electrons. The second-order valence-electron chi connectivity index (χ2n) is 10.9. The van der Waals surface area contributed by atoms with Crippen LogP contribution in [0.1, 0.15) is 43.4 Å². The lowest BCUT2D eigenvalue weighted by Gasteiger charge is -2.38. The van der Waals surface area contributed by atoms with Gasteiger partial charge in [0.2, 0.25) is 5.91 Å². The molecule has 0 aromatic heterocycles. The van der Waals surface area contributed by atoms with E-state index in [-0.39, 0.29) is 17.0 Å². The average molecular weight is 575 g/mol. The van der Waals surface area contributed by atoms with E-state index in [0.717, 1.165) is 11.1 Å². The fraction of sp³-hybridized carbons (Fsp3) is 0.171. The first-order valence-electron chi connectivity index (χ1n) is 13.9. The second-order valence-corrected chi connectivity index (χ2v) is 10.9. The lowest BCUT2D eigenvalue weighted by molar-refractivity contribution is -0.122. The first-order chi connectivity index (χ1) is 20.9. The summed E-state index contributed by atoms with van der Waals surface area (Å²) in [5, 5.41) is 3.02. The molecule has 0 bridgehead atoms. The maximum Gasteiger partial charge on any atom is 0.238 e. The zero-order chi connectivity index (χ0) is 29.9. The predicted octanol–water partition coefficient (Wildman–Crippen LogP) is 5.82. The van der Waals surface area contributed by atoms with Gasteiger partial charge in [-0.25, -0.2) is 4.39 Å². The number of ketones is 2. The summed E-state index contributed by atoms with van der Waals surface area (Å²) >= 11 is 0.